The van der Waals surface area contributed by atoms with Crippen LogP contribution >= 0.6 is 0 Å². The van der Waals surface area contributed by atoms with E-state index < -0.39 is 5.97 Å². The second-order valence-corrected chi connectivity index (χ2v) is 7.07. The summed E-state index contributed by atoms with van der Waals surface area (Å²) in [6.07, 6.45) is 1.68. The molecule has 2 aromatic carbocycles. The van der Waals surface area contributed by atoms with Crippen molar-refractivity contribution in [3.8, 4) is 17.6 Å². The van der Waals surface area contributed by atoms with Crippen LogP contribution in [0.2, 0.25) is 0 Å². The quantitative estimate of drug-likeness (QED) is 0.574. The Kier molecular flexibility index (Phi) is 6.00. The van der Waals surface area contributed by atoms with Gasteiger partial charge in [0.15, 0.2) is 0 Å². The highest BCUT2D eigenvalue weighted by Gasteiger charge is 2.21. The number of fused-ring (bicyclic) bond motifs is 1. The highest BCUT2D eigenvalue weighted by Crippen LogP contribution is 2.33. The van der Waals surface area contributed by atoms with Gasteiger partial charge in [-0.05, 0) is 36.6 Å². The van der Waals surface area contributed by atoms with Crippen molar-refractivity contribution in [1.29, 1.82) is 0 Å². The molecule has 0 spiro atoms. The number of nitrogens with one attached hydrogen (secondary N) is 1. The molecule has 3 aromatic rings. The molecule has 0 radical (unpaired) electrons. The fourth-order valence-corrected chi connectivity index (χ4v) is 3.32. The normalized spacial score (nSPS) is 13.0. The zero-order chi connectivity index (χ0) is 20.1. The summed E-state index contributed by atoms with van der Waals surface area (Å²) in [5.74, 6) is 5.60. The molecule has 0 aliphatic heterocycles. The SMILES string of the molecule is CC#CC(CC(=O)O)c1ccc(O[C@H](c2cccc3[nH]ncc23)C(C)C)cc1. The molecular weight excluding hydrogens is 352 g/mol. The lowest BCUT2D eigenvalue weighted by atomic mass is 9.95. The van der Waals surface area contributed by atoms with Crippen LogP contribution in [-0.4, -0.2) is 21.3 Å². The minimum atomic E-state index is -0.860. The molecule has 144 valence electrons. The number of carbonyl (C=O) groups is 1. The third kappa shape index (κ3) is 4.34. The van der Waals surface area contributed by atoms with Crippen LogP contribution in [-0.2, 0) is 4.79 Å². The second kappa shape index (κ2) is 8.62. The third-order valence-corrected chi connectivity index (χ3v) is 4.67. The summed E-state index contributed by atoms with van der Waals surface area (Å²) in [5.41, 5.74) is 2.95. The maximum absolute atomic E-state index is 11.1. The Morgan fingerprint density at radius 2 is 1.96 bits per heavy atom. The summed E-state index contributed by atoms with van der Waals surface area (Å²) in [4.78, 5) is 11.1. The molecule has 1 unspecified atom stereocenters. The molecule has 1 heterocycles. The number of ether oxygens (including phenoxy) is 1. The summed E-state index contributed by atoms with van der Waals surface area (Å²) in [7, 11) is 0. The van der Waals surface area contributed by atoms with Crippen molar-refractivity contribution in [3.05, 3.63) is 59.8 Å². The molecule has 0 saturated carbocycles. The number of H-pyrrole nitrogens is 1. The molecule has 0 amide bonds. The number of hydrogen-bond donors (Lipinski definition) is 2. The molecule has 2 N–H and O–H groups in total. The molecule has 1 aromatic heterocycles. The molecule has 28 heavy (non-hydrogen) atoms. The maximum Gasteiger partial charge on any atom is 0.304 e. The first-order valence-corrected chi connectivity index (χ1v) is 9.32. The van der Waals surface area contributed by atoms with Gasteiger partial charge in [-0.1, -0.05) is 44.0 Å². The Labute approximate surface area is 164 Å². The van der Waals surface area contributed by atoms with Crippen LogP contribution < -0.4 is 4.74 Å². The zero-order valence-corrected chi connectivity index (χ0v) is 16.3. The molecule has 5 nitrogen and oxygen atoms in total. The van der Waals surface area contributed by atoms with Gasteiger partial charge in [0, 0.05) is 10.9 Å². The summed E-state index contributed by atoms with van der Waals surface area (Å²) in [5, 5.41) is 17.3. The summed E-state index contributed by atoms with van der Waals surface area (Å²) in [6, 6.07) is 13.6. The van der Waals surface area contributed by atoms with Gasteiger partial charge in [-0.25, -0.2) is 0 Å². The molecular formula is C23H24N2O3. The number of benzene rings is 2. The van der Waals surface area contributed by atoms with E-state index in [1.807, 2.05) is 42.6 Å². The van der Waals surface area contributed by atoms with Gasteiger partial charge in [0.05, 0.1) is 24.1 Å². The average Bonchev–Trinajstić information content (AvgIpc) is 3.15. The van der Waals surface area contributed by atoms with Crippen molar-refractivity contribution in [2.24, 2.45) is 5.92 Å². The first-order valence-electron chi connectivity index (χ1n) is 9.32. The molecule has 0 saturated heterocycles. The van der Waals surface area contributed by atoms with Crippen molar-refractivity contribution in [2.45, 2.75) is 39.2 Å². The van der Waals surface area contributed by atoms with Crippen LogP contribution in [0.4, 0.5) is 0 Å². The van der Waals surface area contributed by atoms with Crippen LogP contribution in [0.1, 0.15) is 50.3 Å². The number of nitrogens with zero attached hydrogens (tertiary/aromatic N) is 1. The first-order chi connectivity index (χ1) is 13.5. The second-order valence-electron chi connectivity index (χ2n) is 7.07. The van der Waals surface area contributed by atoms with Crippen molar-refractivity contribution >= 4 is 16.9 Å². The lowest BCUT2D eigenvalue weighted by molar-refractivity contribution is -0.137. The predicted molar refractivity (Wildman–Crippen MR) is 109 cm³/mol. The molecule has 0 aliphatic rings. The highest BCUT2D eigenvalue weighted by atomic mass is 16.5. The first kappa shape index (κ1) is 19.5. The van der Waals surface area contributed by atoms with Gasteiger partial charge in [-0.15, -0.1) is 5.92 Å². The van der Waals surface area contributed by atoms with Gasteiger partial charge in [-0.2, -0.15) is 5.10 Å². The van der Waals surface area contributed by atoms with Crippen LogP contribution in [0.3, 0.4) is 0 Å². The predicted octanol–water partition coefficient (Wildman–Crippen LogP) is 4.92. The number of aromatic amines is 1. The van der Waals surface area contributed by atoms with Crippen molar-refractivity contribution in [1.82, 2.24) is 10.2 Å². The Morgan fingerprint density at radius 1 is 1.21 bits per heavy atom. The van der Waals surface area contributed by atoms with E-state index in [0.717, 1.165) is 27.8 Å². The van der Waals surface area contributed by atoms with E-state index in [2.05, 4.69) is 42.0 Å². The van der Waals surface area contributed by atoms with Crippen LogP contribution in [0.15, 0.2) is 48.7 Å². The van der Waals surface area contributed by atoms with Gasteiger partial charge in [0.1, 0.15) is 11.9 Å². The average molecular weight is 376 g/mol. The molecule has 5 heteroatoms. The van der Waals surface area contributed by atoms with Crippen LogP contribution in [0.5, 0.6) is 5.75 Å². The third-order valence-electron chi connectivity index (χ3n) is 4.67. The van der Waals surface area contributed by atoms with Gasteiger partial charge in [-0.3, -0.25) is 9.89 Å². The fourth-order valence-electron chi connectivity index (χ4n) is 3.32. The number of rotatable bonds is 7. The lowest BCUT2D eigenvalue weighted by Gasteiger charge is -2.24. The summed E-state index contributed by atoms with van der Waals surface area (Å²) < 4.78 is 6.32. The smallest absolute Gasteiger partial charge is 0.304 e. The molecule has 3 rings (SSSR count). The number of aliphatic carboxylic acids is 1. The minimum Gasteiger partial charge on any atom is -0.485 e. The number of carboxylic acids is 1. The van der Waals surface area contributed by atoms with E-state index in [1.165, 1.54) is 0 Å². The number of carboxylic acid groups (broad SMARTS) is 1. The van der Waals surface area contributed by atoms with Gasteiger partial charge < -0.3 is 9.84 Å². The van der Waals surface area contributed by atoms with E-state index in [-0.39, 0.29) is 24.4 Å². The topological polar surface area (TPSA) is 75.2 Å². The number of aromatic nitrogens is 2. The number of hydrogen-bond acceptors (Lipinski definition) is 3. The lowest BCUT2D eigenvalue weighted by Crippen LogP contribution is -2.14. The molecule has 2 atom stereocenters. The van der Waals surface area contributed by atoms with Crippen LogP contribution in [0.25, 0.3) is 10.9 Å². The van der Waals surface area contributed by atoms with Gasteiger partial charge in [0.2, 0.25) is 0 Å². The fraction of sp³-hybridized carbons (Fsp3) is 0.304. The van der Waals surface area contributed by atoms with E-state index in [4.69, 9.17) is 9.84 Å². The Bertz CT molecular complexity index is 1010. The largest absolute Gasteiger partial charge is 0.485 e. The van der Waals surface area contributed by atoms with Gasteiger partial charge in [0.25, 0.3) is 0 Å². The summed E-state index contributed by atoms with van der Waals surface area (Å²) in [6.45, 7) is 5.96. The van der Waals surface area contributed by atoms with E-state index in [1.54, 1.807) is 6.92 Å². The zero-order valence-electron chi connectivity index (χ0n) is 16.3. The van der Waals surface area contributed by atoms with E-state index in [9.17, 15) is 4.79 Å². The highest BCUT2D eigenvalue weighted by molar-refractivity contribution is 5.82. The van der Waals surface area contributed by atoms with Crippen LogP contribution in [0, 0.1) is 17.8 Å². The Balaban J connectivity index is 1.85. The Morgan fingerprint density at radius 3 is 2.61 bits per heavy atom. The summed E-state index contributed by atoms with van der Waals surface area (Å²) >= 11 is 0. The molecule has 0 aliphatic carbocycles. The van der Waals surface area contributed by atoms with E-state index >= 15 is 0 Å². The standard InChI is InChI=1S/C23H24N2O3/c1-4-6-17(13-22(26)27)16-9-11-18(12-10-16)28-23(15(2)3)19-7-5-8-21-20(19)14-24-25-21/h5,7-12,14-15,17,23H,13H2,1-3H3,(H,24,25)(H,26,27)/t17?,23-/m0/s1. The monoisotopic (exact) mass is 376 g/mol. The van der Waals surface area contributed by atoms with Crippen molar-refractivity contribution in [2.75, 3.05) is 0 Å². The Hall–Kier alpha value is -3.26. The van der Waals surface area contributed by atoms with E-state index in [0.29, 0.717) is 0 Å². The molecule has 0 bridgehead atoms. The van der Waals surface area contributed by atoms with Gasteiger partial charge >= 0.3 is 5.97 Å². The maximum atomic E-state index is 11.1. The van der Waals surface area contributed by atoms with Crippen molar-refractivity contribution in [3.63, 3.8) is 0 Å². The van der Waals surface area contributed by atoms with Crippen molar-refractivity contribution < 1.29 is 14.6 Å². The molecule has 0 fully saturated rings. The minimum absolute atomic E-state index is 0.0157.